The maximum Gasteiger partial charge on any atom is 0.200 e. The van der Waals surface area contributed by atoms with Crippen molar-refractivity contribution in [1.29, 1.82) is 0 Å². The molecule has 7 nitrogen and oxygen atoms in total. The number of hydrogen-bond donors (Lipinski definition) is 1. The number of tetrazole rings is 1. The topological polar surface area (TPSA) is 71.2 Å². The van der Waals surface area contributed by atoms with E-state index in [4.69, 9.17) is 0 Å². The van der Waals surface area contributed by atoms with Crippen molar-refractivity contribution in [2.24, 2.45) is 0 Å². The van der Waals surface area contributed by atoms with Gasteiger partial charge >= 0.3 is 0 Å². The van der Waals surface area contributed by atoms with Crippen LogP contribution in [0.15, 0.2) is 12.1 Å². The van der Waals surface area contributed by atoms with E-state index in [1.807, 2.05) is 12.1 Å². The Labute approximate surface area is 118 Å². The Balaban J connectivity index is 1.80. The first kappa shape index (κ1) is 13.2. The Morgan fingerprint density at radius 1 is 1.35 bits per heavy atom. The average molecular weight is 275 g/mol. The first-order valence-electron chi connectivity index (χ1n) is 7.29. The summed E-state index contributed by atoms with van der Waals surface area (Å²) in [6, 6.07) is 4.94. The van der Waals surface area contributed by atoms with Crippen LogP contribution in [0.2, 0.25) is 0 Å². The zero-order chi connectivity index (χ0) is 13.9. The SMILES string of the molecule is CC(C)NCC1CCCCN1c1ccc2nnnn2n1. The Bertz CT molecular complexity index is 565. The van der Waals surface area contributed by atoms with Gasteiger partial charge in [-0.1, -0.05) is 13.8 Å². The number of hydrogen-bond acceptors (Lipinski definition) is 6. The highest BCUT2D eigenvalue weighted by Crippen LogP contribution is 2.22. The number of rotatable bonds is 4. The molecule has 3 rings (SSSR count). The summed E-state index contributed by atoms with van der Waals surface area (Å²) in [5.74, 6) is 0.958. The minimum absolute atomic E-state index is 0.493. The number of nitrogens with zero attached hydrogens (tertiary/aromatic N) is 6. The number of aromatic nitrogens is 5. The van der Waals surface area contributed by atoms with Crippen LogP contribution in [-0.2, 0) is 0 Å². The van der Waals surface area contributed by atoms with Gasteiger partial charge in [0.1, 0.15) is 0 Å². The Kier molecular flexibility index (Phi) is 3.77. The van der Waals surface area contributed by atoms with Crippen LogP contribution in [0.3, 0.4) is 0 Å². The zero-order valence-electron chi connectivity index (χ0n) is 12.0. The van der Waals surface area contributed by atoms with Crippen LogP contribution in [0.4, 0.5) is 5.82 Å². The van der Waals surface area contributed by atoms with Crippen molar-refractivity contribution in [1.82, 2.24) is 30.6 Å². The fourth-order valence-corrected chi connectivity index (χ4v) is 2.68. The summed E-state index contributed by atoms with van der Waals surface area (Å²) in [5.41, 5.74) is 0.683. The Morgan fingerprint density at radius 3 is 3.10 bits per heavy atom. The molecular weight excluding hydrogens is 254 g/mol. The molecule has 108 valence electrons. The maximum absolute atomic E-state index is 4.51. The third-order valence-electron chi connectivity index (χ3n) is 3.74. The van der Waals surface area contributed by atoms with Crippen molar-refractivity contribution in [3.05, 3.63) is 12.1 Å². The second-order valence-electron chi connectivity index (χ2n) is 5.62. The van der Waals surface area contributed by atoms with Crippen molar-refractivity contribution in [2.75, 3.05) is 18.0 Å². The molecule has 0 amide bonds. The minimum Gasteiger partial charge on any atom is -0.351 e. The van der Waals surface area contributed by atoms with E-state index in [0.29, 0.717) is 17.7 Å². The van der Waals surface area contributed by atoms with Crippen molar-refractivity contribution >= 4 is 11.5 Å². The molecule has 7 heteroatoms. The second-order valence-corrected chi connectivity index (χ2v) is 5.62. The lowest BCUT2D eigenvalue weighted by atomic mass is 10.0. The molecule has 0 spiro atoms. The first-order valence-corrected chi connectivity index (χ1v) is 7.29. The predicted octanol–water partition coefficient (Wildman–Crippen LogP) is 0.876. The van der Waals surface area contributed by atoms with E-state index in [9.17, 15) is 0 Å². The van der Waals surface area contributed by atoms with Crippen LogP contribution in [-0.4, -0.2) is 50.4 Å². The minimum atomic E-state index is 0.493. The second kappa shape index (κ2) is 5.70. The van der Waals surface area contributed by atoms with Crippen LogP contribution in [0.25, 0.3) is 5.65 Å². The van der Waals surface area contributed by atoms with Crippen LogP contribution in [0, 0.1) is 0 Å². The van der Waals surface area contributed by atoms with Gasteiger partial charge in [0.2, 0.25) is 0 Å². The van der Waals surface area contributed by atoms with Gasteiger partial charge in [-0.05, 0) is 41.8 Å². The summed E-state index contributed by atoms with van der Waals surface area (Å²) in [6.07, 6.45) is 3.70. The lowest BCUT2D eigenvalue weighted by Crippen LogP contribution is -2.47. The highest BCUT2D eigenvalue weighted by atomic mass is 15.6. The molecule has 1 saturated heterocycles. The quantitative estimate of drug-likeness (QED) is 0.893. The highest BCUT2D eigenvalue weighted by molar-refractivity contribution is 5.45. The van der Waals surface area contributed by atoms with Gasteiger partial charge in [0, 0.05) is 25.2 Å². The molecule has 1 N–H and O–H groups in total. The molecule has 1 fully saturated rings. The summed E-state index contributed by atoms with van der Waals surface area (Å²) in [4.78, 5) is 2.38. The molecule has 0 aromatic carbocycles. The number of piperidine rings is 1. The van der Waals surface area contributed by atoms with E-state index >= 15 is 0 Å². The van der Waals surface area contributed by atoms with Crippen molar-refractivity contribution in [2.45, 2.75) is 45.2 Å². The van der Waals surface area contributed by atoms with E-state index in [0.717, 1.165) is 18.9 Å². The van der Waals surface area contributed by atoms with Gasteiger partial charge in [-0.25, -0.2) is 0 Å². The molecule has 0 bridgehead atoms. The fourth-order valence-electron chi connectivity index (χ4n) is 2.68. The monoisotopic (exact) mass is 275 g/mol. The zero-order valence-corrected chi connectivity index (χ0v) is 12.0. The van der Waals surface area contributed by atoms with Gasteiger partial charge in [-0.15, -0.1) is 14.8 Å². The van der Waals surface area contributed by atoms with E-state index in [1.54, 1.807) is 0 Å². The standard InChI is InChI=1S/C13H21N7/c1-10(2)14-9-11-5-3-4-8-19(11)13-7-6-12-15-17-18-20(12)16-13/h6-7,10-11,14H,3-5,8-9H2,1-2H3. The van der Waals surface area contributed by atoms with Crippen LogP contribution in [0.5, 0.6) is 0 Å². The van der Waals surface area contributed by atoms with Crippen LogP contribution in [0.1, 0.15) is 33.1 Å². The van der Waals surface area contributed by atoms with Gasteiger partial charge in [0.05, 0.1) is 0 Å². The third kappa shape index (κ3) is 2.72. The molecule has 2 aromatic rings. The molecule has 1 atom stereocenters. The highest BCUT2D eigenvalue weighted by Gasteiger charge is 2.24. The molecule has 2 aromatic heterocycles. The van der Waals surface area contributed by atoms with Gasteiger partial charge in [-0.3, -0.25) is 0 Å². The Morgan fingerprint density at radius 2 is 2.25 bits per heavy atom. The molecule has 3 heterocycles. The smallest absolute Gasteiger partial charge is 0.200 e. The fraction of sp³-hybridized carbons (Fsp3) is 0.692. The summed E-state index contributed by atoms with van der Waals surface area (Å²) in [5, 5.41) is 19.4. The van der Waals surface area contributed by atoms with Crippen LogP contribution >= 0.6 is 0 Å². The summed E-state index contributed by atoms with van der Waals surface area (Å²) in [6.45, 7) is 6.40. The van der Waals surface area contributed by atoms with Gasteiger partial charge < -0.3 is 10.2 Å². The molecule has 0 radical (unpaired) electrons. The van der Waals surface area contributed by atoms with Crippen molar-refractivity contribution < 1.29 is 0 Å². The molecule has 0 saturated carbocycles. The van der Waals surface area contributed by atoms with Gasteiger partial charge in [-0.2, -0.15) is 0 Å². The van der Waals surface area contributed by atoms with E-state index in [-0.39, 0.29) is 0 Å². The number of nitrogens with one attached hydrogen (secondary N) is 1. The normalized spacial score (nSPS) is 19.9. The number of anilines is 1. The summed E-state index contributed by atoms with van der Waals surface area (Å²) in [7, 11) is 0. The van der Waals surface area contributed by atoms with E-state index in [2.05, 4.69) is 44.7 Å². The Hall–Kier alpha value is -1.76. The van der Waals surface area contributed by atoms with Gasteiger partial charge in [0.15, 0.2) is 11.5 Å². The lowest BCUT2D eigenvalue weighted by Gasteiger charge is -2.37. The summed E-state index contributed by atoms with van der Waals surface area (Å²) < 4.78 is 1.50. The van der Waals surface area contributed by atoms with Gasteiger partial charge in [0.25, 0.3) is 0 Å². The van der Waals surface area contributed by atoms with E-state index < -0.39 is 0 Å². The number of fused-ring (bicyclic) bond motifs is 1. The molecule has 1 aliphatic heterocycles. The van der Waals surface area contributed by atoms with Crippen LogP contribution < -0.4 is 10.2 Å². The summed E-state index contributed by atoms with van der Waals surface area (Å²) >= 11 is 0. The largest absolute Gasteiger partial charge is 0.351 e. The molecule has 1 unspecified atom stereocenters. The predicted molar refractivity (Wildman–Crippen MR) is 76.7 cm³/mol. The molecule has 20 heavy (non-hydrogen) atoms. The third-order valence-corrected chi connectivity index (χ3v) is 3.74. The van der Waals surface area contributed by atoms with E-state index in [1.165, 1.54) is 23.9 Å². The maximum atomic E-state index is 4.51. The van der Waals surface area contributed by atoms with Crippen molar-refractivity contribution in [3.63, 3.8) is 0 Å². The first-order chi connectivity index (χ1) is 9.74. The molecule has 0 aliphatic carbocycles. The lowest BCUT2D eigenvalue weighted by molar-refractivity contribution is 0.417. The van der Waals surface area contributed by atoms with Crippen molar-refractivity contribution in [3.8, 4) is 0 Å². The molecular formula is C13H21N7. The molecule has 1 aliphatic rings. The average Bonchev–Trinajstić information content (AvgIpc) is 2.92.